The first-order valence-corrected chi connectivity index (χ1v) is 11.1. The van der Waals surface area contributed by atoms with Gasteiger partial charge in [0.2, 0.25) is 0 Å². The Bertz CT molecular complexity index is 1130. The van der Waals surface area contributed by atoms with Crippen molar-refractivity contribution in [3.05, 3.63) is 65.2 Å². The Labute approximate surface area is 170 Å². The molecule has 146 valence electrons. The summed E-state index contributed by atoms with van der Waals surface area (Å²) >= 11 is 6.15. The van der Waals surface area contributed by atoms with Crippen LogP contribution in [0.1, 0.15) is 5.56 Å². The SMILES string of the molecule is Cc1ccc(NS(=O)(=O)c2ccc(N3CCNCC3)c3ccccc23)cc1Cl. The molecule has 1 heterocycles. The van der Waals surface area contributed by atoms with E-state index >= 15 is 0 Å². The van der Waals surface area contributed by atoms with Crippen molar-refractivity contribution in [1.29, 1.82) is 0 Å². The summed E-state index contributed by atoms with van der Waals surface area (Å²) in [7, 11) is -3.76. The summed E-state index contributed by atoms with van der Waals surface area (Å²) in [6.45, 7) is 5.52. The van der Waals surface area contributed by atoms with Crippen molar-refractivity contribution in [2.24, 2.45) is 0 Å². The second kappa shape index (κ2) is 7.62. The number of anilines is 2. The summed E-state index contributed by atoms with van der Waals surface area (Å²) in [5.41, 5.74) is 2.41. The Balaban J connectivity index is 1.76. The lowest BCUT2D eigenvalue weighted by Crippen LogP contribution is -2.43. The Hall–Kier alpha value is -2.28. The third kappa shape index (κ3) is 3.68. The van der Waals surface area contributed by atoms with Crippen LogP contribution in [0.2, 0.25) is 5.02 Å². The molecule has 0 saturated carbocycles. The van der Waals surface area contributed by atoms with Crippen molar-refractivity contribution in [2.75, 3.05) is 35.8 Å². The molecule has 0 radical (unpaired) electrons. The Morgan fingerprint density at radius 1 is 1.00 bits per heavy atom. The van der Waals surface area contributed by atoms with Crippen molar-refractivity contribution >= 4 is 43.8 Å². The largest absolute Gasteiger partial charge is 0.368 e. The Morgan fingerprint density at radius 2 is 1.71 bits per heavy atom. The van der Waals surface area contributed by atoms with Crippen LogP contribution in [0.5, 0.6) is 0 Å². The second-order valence-electron chi connectivity index (χ2n) is 6.93. The molecule has 1 aliphatic heterocycles. The van der Waals surface area contributed by atoms with Crippen molar-refractivity contribution in [3.8, 4) is 0 Å². The predicted molar refractivity (Wildman–Crippen MR) is 116 cm³/mol. The molecule has 0 aliphatic carbocycles. The smallest absolute Gasteiger partial charge is 0.262 e. The van der Waals surface area contributed by atoms with Crippen LogP contribution in [0.3, 0.4) is 0 Å². The number of piperazine rings is 1. The molecule has 1 fully saturated rings. The summed E-state index contributed by atoms with van der Waals surface area (Å²) in [6, 6.07) is 16.4. The molecule has 0 unspecified atom stereocenters. The normalized spacial score (nSPS) is 15.0. The van der Waals surface area contributed by atoms with E-state index in [4.69, 9.17) is 11.6 Å². The molecule has 0 spiro atoms. The summed E-state index contributed by atoms with van der Waals surface area (Å²) in [5.74, 6) is 0. The zero-order valence-corrected chi connectivity index (χ0v) is 17.1. The van der Waals surface area contributed by atoms with E-state index in [1.54, 1.807) is 24.3 Å². The number of benzene rings is 3. The molecule has 3 aromatic carbocycles. The van der Waals surface area contributed by atoms with E-state index in [1.807, 2.05) is 37.3 Å². The third-order valence-corrected chi connectivity index (χ3v) is 6.88. The molecule has 0 atom stereocenters. The molecule has 7 heteroatoms. The van der Waals surface area contributed by atoms with Gasteiger partial charge in [0.25, 0.3) is 10.0 Å². The zero-order chi connectivity index (χ0) is 19.7. The van der Waals surface area contributed by atoms with Gasteiger partial charge >= 0.3 is 0 Å². The number of hydrogen-bond acceptors (Lipinski definition) is 4. The number of hydrogen-bond donors (Lipinski definition) is 2. The lowest BCUT2D eigenvalue weighted by atomic mass is 10.1. The quantitative estimate of drug-likeness (QED) is 0.675. The molecular formula is C21H22ClN3O2S. The van der Waals surface area contributed by atoms with Gasteiger partial charge < -0.3 is 10.2 Å². The fourth-order valence-corrected chi connectivity index (χ4v) is 4.98. The highest BCUT2D eigenvalue weighted by atomic mass is 35.5. The minimum atomic E-state index is -3.76. The van der Waals surface area contributed by atoms with E-state index in [0.29, 0.717) is 16.1 Å². The van der Waals surface area contributed by atoms with Gasteiger partial charge in [-0.05, 0) is 36.8 Å². The van der Waals surface area contributed by atoms with Gasteiger partial charge in [-0.25, -0.2) is 8.42 Å². The molecule has 1 aliphatic rings. The third-order valence-electron chi connectivity index (χ3n) is 5.03. The first kappa shape index (κ1) is 19.1. The highest BCUT2D eigenvalue weighted by Crippen LogP contribution is 2.33. The van der Waals surface area contributed by atoms with E-state index < -0.39 is 10.0 Å². The van der Waals surface area contributed by atoms with Crippen molar-refractivity contribution in [1.82, 2.24) is 5.32 Å². The fourth-order valence-electron chi connectivity index (χ4n) is 3.54. The average molecular weight is 416 g/mol. The van der Waals surface area contributed by atoms with Gasteiger partial charge in [-0.1, -0.05) is 41.9 Å². The van der Waals surface area contributed by atoms with Gasteiger partial charge in [0.05, 0.1) is 10.6 Å². The molecular weight excluding hydrogens is 394 g/mol. The molecule has 2 N–H and O–H groups in total. The number of nitrogens with zero attached hydrogens (tertiary/aromatic N) is 1. The standard InChI is InChI=1S/C21H22ClN3O2S/c1-15-6-7-16(14-19(15)22)24-28(26,27)21-9-8-20(25-12-10-23-11-13-25)17-4-2-3-5-18(17)21/h2-9,14,23-24H,10-13H2,1H3. The van der Waals surface area contributed by atoms with Gasteiger partial charge in [0.15, 0.2) is 0 Å². The van der Waals surface area contributed by atoms with Crippen LogP contribution in [0.4, 0.5) is 11.4 Å². The number of rotatable bonds is 4. The lowest BCUT2D eigenvalue weighted by Gasteiger charge is -2.30. The van der Waals surface area contributed by atoms with Gasteiger partial charge in [0.1, 0.15) is 0 Å². The van der Waals surface area contributed by atoms with Gasteiger partial charge in [0, 0.05) is 47.7 Å². The number of sulfonamides is 1. The Morgan fingerprint density at radius 3 is 2.43 bits per heavy atom. The van der Waals surface area contributed by atoms with E-state index in [1.165, 1.54) is 0 Å². The minimum Gasteiger partial charge on any atom is -0.368 e. The fraction of sp³-hybridized carbons (Fsp3) is 0.238. The monoisotopic (exact) mass is 415 g/mol. The lowest BCUT2D eigenvalue weighted by molar-refractivity contribution is 0.590. The second-order valence-corrected chi connectivity index (χ2v) is 8.99. The predicted octanol–water partition coefficient (Wildman–Crippen LogP) is 4.01. The highest BCUT2D eigenvalue weighted by molar-refractivity contribution is 7.93. The average Bonchev–Trinajstić information content (AvgIpc) is 2.70. The Kier molecular flexibility index (Phi) is 5.19. The van der Waals surface area contributed by atoms with Gasteiger partial charge in [-0.2, -0.15) is 0 Å². The van der Waals surface area contributed by atoms with Crippen LogP contribution in [-0.4, -0.2) is 34.6 Å². The topological polar surface area (TPSA) is 61.4 Å². The van der Waals surface area contributed by atoms with Crippen LogP contribution < -0.4 is 14.9 Å². The highest BCUT2D eigenvalue weighted by Gasteiger charge is 2.21. The van der Waals surface area contributed by atoms with Gasteiger partial charge in [-0.3, -0.25) is 4.72 Å². The van der Waals surface area contributed by atoms with E-state index in [0.717, 1.165) is 42.8 Å². The van der Waals surface area contributed by atoms with Crippen LogP contribution >= 0.6 is 11.6 Å². The van der Waals surface area contributed by atoms with Crippen molar-refractivity contribution < 1.29 is 8.42 Å². The van der Waals surface area contributed by atoms with Crippen LogP contribution in [0.25, 0.3) is 10.8 Å². The van der Waals surface area contributed by atoms with E-state index in [2.05, 4.69) is 14.9 Å². The molecule has 0 aromatic heterocycles. The summed E-state index contributed by atoms with van der Waals surface area (Å²) in [5, 5.41) is 5.52. The number of halogens is 1. The van der Waals surface area contributed by atoms with Crippen LogP contribution in [0, 0.1) is 6.92 Å². The number of aryl methyl sites for hydroxylation is 1. The molecule has 4 rings (SSSR count). The zero-order valence-electron chi connectivity index (χ0n) is 15.6. The first-order chi connectivity index (χ1) is 13.5. The van der Waals surface area contributed by atoms with Crippen LogP contribution in [0.15, 0.2) is 59.5 Å². The summed E-state index contributed by atoms with van der Waals surface area (Å²) in [4.78, 5) is 2.56. The first-order valence-electron chi connectivity index (χ1n) is 9.22. The maximum Gasteiger partial charge on any atom is 0.262 e. The van der Waals surface area contributed by atoms with E-state index in [-0.39, 0.29) is 4.90 Å². The molecule has 0 bridgehead atoms. The molecule has 5 nitrogen and oxygen atoms in total. The number of nitrogens with one attached hydrogen (secondary N) is 2. The van der Waals surface area contributed by atoms with Crippen molar-refractivity contribution in [2.45, 2.75) is 11.8 Å². The summed E-state index contributed by atoms with van der Waals surface area (Å²) in [6.07, 6.45) is 0. The van der Waals surface area contributed by atoms with E-state index in [9.17, 15) is 8.42 Å². The van der Waals surface area contributed by atoms with Crippen molar-refractivity contribution in [3.63, 3.8) is 0 Å². The minimum absolute atomic E-state index is 0.263. The molecule has 3 aromatic rings. The maximum absolute atomic E-state index is 13.1. The molecule has 28 heavy (non-hydrogen) atoms. The van der Waals surface area contributed by atoms with Gasteiger partial charge in [-0.15, -0.1) is 0 Å². The molecule has 0 amide bonds. The summed E-state index contributed by atoms with van der Waals surface area (Å²) < 4.78 is 28.9. The number of fused-ring (bicyclic) bond motifs is 1. The maximum atomic E-state index is 13.1. The van der Waals surface area contributed by atoms with Crippen LogP contribution in [-0.2, 0) is 10.0 Å². The molecule has 1 saturated heterocycles.